The minimum atomic E-state index is -1.54. The molecule has 0 fully saturated rings. The first kappa shape index (κ1) is 74.7. The summed E-state index contributed by atoms with van der Waals surface area (Å²) < 4.78 is 34.6. The molecule has 6 atom stereocenters. The first-order valence-electron chi connectivity index (χ1n) is 33.7. The van der Waals surface area contributed by atoms with Gasteiger partial charge in [-0.2, -0.15) is 0 Å². The van der Waals surface area contributed by atoms with E-state index in [2.05, 4.69) is 37.0 Å². The molecule has 0 radical (unpaired) electrons. The van der Waals surface area contributed by atoms with Crippen LogP contribution in [0, 0.1) is 0 Å². The van der Waals surface area contributed by atoms with Crippen LogP contribution >= 0.6 is 31.9 Å². The molecular weight excluding hydrogens is 1470 g/mol. The Morgan fingerprint density at radius 3 is 0.708 bits per heavy atom. The molecule has 528 valence electrons. The van der Waals surface area contributed by atoms with Gasteiger partial charge in [-0.15, -0.1) is 0 Å². The third kappa shape index (κ3) is 20.5. The Morgan fingerprint density at radius 2 is 0.481 bits per heavy atom. The molecule has 0 bridgehead atoms. The fourth-order valence-corrected chi connectivity index (χ4v) is 12.3. The summed E-state index contributed by atoms with van der Waals surface area (Å²) >= 11 is 7.01. The second-order valence-electron chi connectivity index (χ2n) is 23.9. The molecule has 0 heterocycles. The predicted molar refractivity (Wildman–Crippen MR) is 416 cm³/mol. The number of alkyl halides is 2. The Morgan fingerprint density at radius 1 is 0.283 bits per heavy atom. The number of halogens is 2. The molecule has 0 aliphatic carbocycles. The minimum absolute atomic E-state index is 0.199. The fraction of sp³-hybridized carbons (Fsp3) is 0.101. The lowest BCUT2D eigenvalue weighted by Gasteiger charge is -2.28. The fourth-order valence-electron chi connectivity index (χ4n) is 11.2. The van der Waals surface area contributed by atoms with Gasteiger partial charge in [0.15, 0.2) is 30.7 Å². The van der Waals surface area contributed by atoms with Crippen molar-refractivity contribution in [2.75, 3.05) is 20.3 Å². The van der Waals surface area contributed by atoms with E-state index in [-0.39, 0.29) is 35.5 Å². The summed E-state index contributed by atoms with van der Waals surface area (Å²) in [6.07, 6.45) is -3.75. The predicted octanol–water partition coefficient (Wildman–Crippen LogP) is 18.9. The van der Waals surface area contributed by atoms with E-state index in [1.807, 2.05) is 231 Å². The molecule has 0 aromatic heterocycles. The van der Waals surface area contributed by atoms with Gasteiger partial charge in [0, 0.05) is 0 Å². The highest BCUT2D eigenvalue weighted by Gasteiger charge is 2.38. The summed E-state index contributed by atoms with van der Waals surface area (Å²) in [4.78, 5) is 95.8. The standard InChI is InChI=1S/C45H36BrNO7.C44H33BrO7/c1-51-47-29-41(53-44(49)38-25-19-35(20-26-38)32-13-7-3-8-14-32)42(54-45(50)39-27-21-36(22-28-39)33-15-9-4-10-16-33)40(46)30-52-43(48)37-23-17-34(18-24-37)31-11-5-2-6-12-31;45-39(29-50-42(47)36-22-16-33(17-23-36)30-10-4-1-5-11-30)41(52-44(49)38-26-20-35(21-27-38)32-14-8-3-9-15-32)40(28-46)51-43(48)37-24-18-34(19-25-37)31-12-6-2-7-13-31/h2-29,40-42H,30H2,1H3;1-28,39-41H,29H2/b47-29+;/t40-,41+,42+;39-,40+,41+/m11/s1. The molecule has 17 heteroatoms. The van der Waals surface area contributed by atoms with Gasteiger partial charge in [-0.05, 0) is 140 Å². The topological polar surface area (TPSA) is 196 Å². The zero-order valence-electron chi connectivity index (χ0n) is 57.1. The van der Waals surface area contributed by atoms with Crippen molar-refractivity contribution in [3.05, 3.63) is 361 Å². The Hall–Kier alpha value is -12.4. The van der Waals surface area contributed by atoms with Crippen LogP contribution in [0.5, 0.6) is 0 Å². The maximum Gasteiger partial charge on any atom is 0.338 e. The van der Waals surface area contributed by atoms with Crippen LogP contribution in [0.3, 0.4) is 0 Å². The molecule has 0 N–H and O–H groups in total. The third-order valence-electron chi connectivity index (χ3n) is 16.9. The normalized spacial score (nSPS) is 12.6. The van der Waals surface area contributed by atoms with Gasteiger partial charge in [0.05, 0.1) is 49.2 Å². The van der Waals surface area contributed by atoms with Crippen LogP contribution < -0.4 is 0 Å². The molecule has 0 aliphatic rings. The molecule has 12 aromatic rings. The number of oxime groups is 1. The number of carbonyl (C=O) groups excluding carboxylic acids is 7. The smallest absolute Gasteiger partial charge is 0.338 e. The zero-order chi connectivity index (χ0) is 74.0. The van der Waals surface area contributed by atoms with Gasteiger partial charge in [0.2, 0.25) is 0 Å². The highest BCUT2D eigenvalue weighted by atomic mass is 79.9. The van der Waals surface area contributed by atoms with Crippen LogP contribution in [-0.4, -0.2) is 103 Å². The number of hydrogen-bond acceptors (Lipinski definition) is 15. The van der Waals surface area contributed by atoms with Crippen LogP contribution in [-0.2, 0) is 38.1 Å². The first-order chi connectivity index (χ1) is 51.8. The lowest BCUT2D eigenvalue weighted by Crippen LogP contribution is -2.44. The summed E-state index contributed by atoms with van der Waals surface area (Å²) in [6.45, 7) is -0.553. The van der Waals surface area contributed by atoms with E-state index in [4.69, 9.17) is 33.3 Å². The van der Waals surface area contributed by atoms with Crippen molar-refractivity contribution in [2.24, 2.45) is 5.16 Å². The molecule has 0 saturated heterocycles. The summed E-state index contributed by atoms with van der Waals surface area (Å²) in [5.74, 6) is -4.13. The Balaban J connectivity index is 0.000000212. The van der Waals surface area contributed by atoms with Gasteiger partial charge in [-0.1, -0.05) is 292 Å². The van der Waals surface area contributed by atoms with Gasteiger partial charge >= 0.3 is 35.8 Å². The quantitative estimate of drug-likeness (QED) is 0.0118. The van der Waals surface area contributed by atoms with E-state index >= 15 is 0 Å². The second-order valence-corrected chi connectivity index (χ2v) is 26.3. The number of rotatable bonds is 27. The molecule has 0 unspecified atom stereocenters. The number of esters is 6. The van der Waals surface area contributed by atoms with Crippen LogP contribution in [0.2, 0.25) is 0 Å². The molecule has 0 saturated carbocycles. The number of hydrogen-bond donors (Lipinski definition) is 0. The Labute approximate surface area is 630 Å². The van der Waals surface area contributed by atoms with Gasteiger partial charge in [0.25, 0.3) is 0 Å². The molecule has 15 nitrogen and oxygen atoms in total. The number of benzene rings is 12. The van der Waals surface area contributed by atoms with Crippen molar-refractivity contribution in [1.82, 2.24) is 0 Å². The molecule has 106 heavy (non-hydrogen) atoms. The SMILES string of the molecule is CO/N=C/[C@H](OC(=O)c1ccc(-c2ccccc2)cc1)[C@@H](OC(=O)c1ccc(-c2ccccc2)cc1)[C@H](Br)COC(=O)c1ccc(-c2ccccc2)cc1.O=C[C@H](OC(=O)c1ccc(-c2ccccc2)cc1)[C@@H](OC(=O)c1ccc(-c2ccccc2)cc1)[C@H](Br)COC(=O)c1ccc(-c2ccccc2)cc1. The van der Waals surface area contributed by atoms with E-state index in [0.29, 0.717) is 17.4 Å². The minimum Gasteiger partial charge on any atom is -0.461 e. The van der Waals surface area contributed by atoms with Crippen molar-refractivity contribution in [2.45, 2.75) is 34.1 Å². The van der Waals surface area contributed by atoms with E-state index in [9.17, 15) is 33.6 Å². The zero-order valence-corrected chi connectivity index (χ0v) is 60.3. The molecular formula is C89H69Br2NO14. The summed E-state index contributed by atoms with van der Waals surface area (Å²) in [6, 6.07) is 99.8. The summed E-state index contributed by atoms with van der Waals surface area (Å²) in [5, 5.41) is 3.86. The average molecular weight is 1540 g/mol. The average Bonchev–Trinajstić information content (AvgIpc) is 0.857. The van der Waals surface area contributed by atoms with Gasteiger partial charge in [-0.3, -0.25) is 4.79 Å². The van der Waals surface area contributed by atoms with E-state index < -0.39 is 69.9 Å². The number of ether oxygens (including phenoxy) is 6. The van der Waals surface area contributed by atoms with Crippen molar-refractivity contribution < 1.29 is 66.8 Å². The van der Waals surface area contributed by atoms with Crippen molar-refractivity contribution in [3.63, 3.8) is 0 Å². The van der Waals surface area contributed by atoms with Crippen LogP contribution in [0.4, 0.5) is 0 Å². The number of nitrogens with zero attached hydrogens (tertiary/aromatic N) is 1. The lowest BCUT2D eigenvalue weighted by molar-refractivity contribution is -0.122. The lowest BCUT2D eigenvalue weighted by atomic mass is 10.0. The van der Waals surface area contributed by atoms with Crippen molar-refractivity contribution in [1.29, 1.82) is 0 Å². The number of carbonyl (C=O) groups is 7. The molecule has 12 rings (SSSR count). The van der Waals surface area contributed by atoms with E-state index in [1.54, 1.807) is 97.1 Å². The van der Waals surface area contributed by atoms with Gasteiger partial charge in [0.1, 0.15) is 20.3 Å². The number of aldehydes is 1. The maximum absolute atomic E-state index is 13.7. The highest BCUT2D eigenvalue weighted by molar-refractivity contribution is 9.09. The molecule has 0 spiro atoms. The monoisotopic (exact) mass is 1530 g/mol. The van der Waals surface area contributed by atoms with Crippen LogP contribution in [0.1, 0.15) is 62.1 Å². The van der Waals surface area contributed by atoms with Crippen molar-refractivity contribution >= 4 is 80.2 Å². The molecule has 0 aliphatic heterocycles. The van der Waals surface area contributed by atoms with Gasteiger partial charge in [-0.25, -0.2) is 28.8 Å². The molecule has 0 amide bonds. The maximum atomic E-state index is 13.7. The molecule has 12 aromatic carbocycles. The second kappa shape index (κ2) is 37.7. The highest BCUT2D eigenvalue weighted by Crippen LogP contribution is 2.29. The Bertz CT molecular complexity index is 4890. The summed E-state index contributed by atoms with van der Waals surface area (Å²) in [7, 11) is 1.34. The summed E-state index contributed by atoms with van der Waals surface area (Å²) in [5.41, 5.74) is 13.1. The largest absolute Gasteiger partial charge is 0.461 e. The van der Waals surface area contributed by atoms with Gasteiger partial charge < -0.3 is 33.3 Å². The van der Waals surface area contributed by atoms with Crippen molar-refractivity contribution in [3.8, 4) is 66.8 Å². The Kier molecular flexibility index (Phi) is 26.5. The van der Waals surface area contributed by atoms with E-state index in [1.165, 1.54) is 13.3 Å². The first-order valence-corrected chi connectivity index (χ1v) is 35.5. The van der Waals surface area contributed by atoms with E-state index in [0.717, 1.165) is 66.8 Å². The third-order valence-corrected chi connectivity index (χ3v) is 18.5. The van der Waals surface area contributed by atoms with Crippen LogP contribution in [0.25, 0.3) is 66.8 Å². The van der Waals surface area contributed by atoms with Crippen LogP contribution in [0.15, 0.2) is 333 Å².